The molecule has 1 unspecified atom stereocenters. The quantitative estimate of drug-likeness (QED) is 0.594. The molecule has 2 aromatic rings. The first-order valence-corrected chi connectivity index (χ1v) is 10.3. The Kier molecular flexibility index (Phi) is 8.80. The zero-order chi connectivity index (χ0) is 20.5. The molecule has 0 aliphatic rings. The fraction of sp³-hybridized carbons (Fsp3) is 0.333. The second-order valence-corrected chi connectivity index (χ2v) is 7.66. The molecule has 0 spiro atoms. The molecule has 28 heavy (non-hydrogen) atoms. The molecule has 0 heterocycles. The molecule has 5 nitrogen and oxygen atoms in total. The van der Waals surface area contributed by atoms with E-state index in [0.29, 0.717) is 23.9 Å². The maximum Gasteiger partial charge on any atom is 0.261 e. The van der Waals surface area contributed by atoms with Gasteiger partial charge >= 0.3 is 0 Å². The van der Waals surface area contributed by atoms with Crippen LogP contribution in [0.15, 0.2) is 53.0 Å². The Hall–Kier alpha value is -2.05. The highest BCUT2D eigenvalue weighted by Crippen LogP contribution is 2.27. The van der Waals surface area contributed by atoms with E-state index in [0.717, 1.165) is 16.5 Å². The lowest BCUT2D eigenvalue weighted by atomic mass is 10.1. The van der Waals surface area contributed by atoms with Crippen LogP contribution in [0.3, 0.4) is 0 Å². The highest BCUT2D eigenvalue weighted by Gasteiger charge is 2.26. The normalized spacial score (nSPS) is 11.6. The molecule has 0 bridgehead atoms. The Morgan fingerprint density at radius 2 is 1.93 bits per heavy atom. The summed E-state index contributed by atoms with van der Waals surface area (Å²) in [6, 6.07) is 14.1. The fourth-order valence-electron chi connectivity index (χ4n) is 2.57. The Labute approximate surface area is 179 Å². The number of benzene rings is 2. The zero-order valence-electron chi connectivity index (χ0n) is 16.0. The van der Waals surface area contributed by atoms with Gasteiger partial charge in [-0.1, -0.05) is 64.8 Å². The summed E-state index contributed by atoms with van der Waals surface area (Å²) in [7, 11) is 0. The lowest BCUT2D eigenvalue weighted by Crippen LogP contribution is -2.49. The molecule has 1 N–H and O–H groups in total. The van der Waals surface area contributed by atoms with E-state index in [-0.39, 0.29) is 18.4 Å². The van der Waals surface area contributed by atoms with E-state index in [1.807, 2.05) is 37.3 Å². The van der Waals surface area contributed by atoms with Crippen molar-refractivity contribution in [2.75, 3.05) is 13.2 Å². The number of carbonyl (C=O) groups is 2. The maximum atomic E-state index is 12.9. The van der Waals surface area contributed by atoms with Gasteiger partial charge in [-0.3, -0.25) is 9.59 Å². The molecule has 0 fully saturated rings. The first kappa shape index (κ1) is 22.2. The van der Waals surface area contributed by atoms with Crippen LogP contribution < -0.4 is 10.1 Å². The van der Waals surface area contributed by atoms with Crippen LogP contribution in [0.2, 0.25) is 5.02 Å². The first-order chi connectivity index (χ1) is 13.4. The van der Waals surface area contributed by atoms with Gasteiger partial charge in [0.25, 0.3) is 5.91 Å². The van der Waals surface area contributed by atoms with Crippen LogP contribution in [0.25, 0.3) is 0 Å². The average Bonchev–Trinajstić information content (AvgIpc) is 2.69. The van der Waals surface area contributed by atoms with Gasteiger partial charge in [0.05, 0.1) is 5.02 Å². The van der Waals surface area contributed by atoms with Crippen LogP contribution >= 0.6 is 27.5 Å². The van der Waals surface area contributed by atoms with Gasteiger partial charge in [0.2, 0.25) is 5.91 Å². The van der Waals surface area contributed by atoms with E-state index in [1.54, 1.807) is 25.1 Å². The zero-order valence-corrected chi connectivity index (χ0v) is 18.3. The number of carbonyl (C=O) groups excluding carboxylic acids is 2. The topological polar surface area (TPSA) is 58.6 Å². The molecule has 150 valence electrons. The Bertz CT molecular complexity index is 801. The van der Waals surface area contributed by atoms with Gasteiger partial charge in [-0.05, 0) is 37.1 Å². The van der Waals surface area contributed by atoms with Gasteiger partial charge < -0.3 is 15.0 Å². The van der Waals surface area contributed by atoms with Crippen molar-refractivity contribution < 1.29 is 14.3 Å². The van der Waals surface area contributed by atoms with Crippen LogP contribution in [0, 0.1) is 0 Å². The molecule has 2 amide bonds. The molecule has 7 heteroatoms. The van der Waals surface area contributed by atoms with Gasteiger partial charge in [-0.2, -0.15) is 0 Å². The third kappa shape index (κ3) is 6.53. The third-order valence-electron chi connectivity index (χ3n) is 4.16. The molecule has 0 radical (unpaired) electrons. The molecule has 0 aromatic heterocycles. The third-order valence-corrected chi connectivity index (χ3v) is 4.95. The predicted molar refractivity (Wildman–Crippen MR) is 114 cm³/mol. The summed E-state index contributed by atoms with van der Waals surface area (Å²) in [6.45, 7) is 4.38. The molecule has 1 atom stereocenters. The van der Waals surface area contributed by atoms with Gasteiger partial charge in [0.1, 0.15) is 11.8 Å². The summed E-state index contributed by atoms with van der Waals surface area (Å²) in [6.07, 6.45) is 0.830. The highest BCUT2D eigenvalue weighted by molar-refractivity contribution is 9.10. The minimum Gasteiger partial charge on any atom is -0.482 e. The van der Waals surface area contributed by atoms with Crippen molar-refractivity contribution in [3.63, 3.8) is 0 Å². The molecule has 0 aliphatic carbocycles. The van der Waals surface area contributed by atoms with Crippen LogP contribution in [0.4, 0.5) is 0 Å². The van der Waals surface area contributed by atoms with Crippen molar-refractivity contribution in [2.45, 2.75) is 32.9 Å². The summed E-state index contributed by atoms with van der Waals surface area (Å²) in [5.74, 6) is -0.0595. The first-order valence-electron chi connectivity index (χ1n) is 9.11. The summed E-state index contributed by atoms with van der Waals surface area (Å²) in [5, 5.41) is 3.25. The van der Waals surface area contributed by atoms with Gasteiger partial charge in [-0.25, -0.2) is 0 Å². The summed E-state index contributed by atoms with van der Waals surface area (Å²) in [5.41, 5.74) is 0.938. The van der Waals surface area contributed by atoms with Crippen molar-refractivity contribution >= 4 is 39.3 Å². The number of halogens is 2. The lowest BCUT2D eigenvalue weighted by molar-refractivity contribution is -0.142. The summed E-state index contributed by atoms with van der Waals surface area (Å²) in [4.78, 5) is 26.8. The van der Waals surface area contributed by atoms with Gasteiger partial charge in [0, 0.05) is 17.6 Å². The van der Waals surface area contributed by atoms with E-state index in [9.17, 15) is 9.59 Å². The Balaban J connectivity index is 2.12. The van der Waals surface area contributed by atoms with Crippen molar-refractivity contribution in [1.82, 2.24) is 10.2 Å². The summed E-state index contributed by atoms with van der Waals surface area (Å²) >= 11 is 9.48. The number of hydrogen-bond donors (Lipinski definition) is 1. The molecular formula is C21H24BrClN2O3. The van der Waals surface area contributed by atoms with E-state index < -0.39 is 6.04 Å². The van der Waals surface area contributed by atoms with E-state index in [4.69, 9.17) is 16.3 Å². The standard InChI is InChI=1S/C21H24BrClN2O3/c1-3-11-24-21(27)15(2)25(13-16-7-5-4-6-8-16)20(26)14-28-19-10-9-17(22)12-18(19)23/h4-10,12,15H,3,11,13-14H2,1-2H3,(H,24,27). The maximum absolute atomic E-state index is 12.9. The van der Waals surface area contributed by atoms with Crippen molar-refractivity contribution in [1.29, 1.82) is 0 Å². The van der Waals surface area contributed by atoms with Crippen LogP contribution in [-0.4, -0.2) is 35.9 Å². The van der Waals surface area contributed by atoms with Crippen LogP contribution in [0.5, 0.6) is 5.75 Å². The number of rotatable bonds is 9. The van der Waals surface area contributed by atoms with Crippen LogP contribution in [0.1, 0.15) is 25.8 Å². The molecule has 0 saturated heterocycles. The molecule has 2 aromatic carbocycles. The molecule has 0 aliphatic heterocycles. The van der Waals surface area contributed by atoms with Gasteiger partial charge in [0.15, 0.2) is 6.61 Å². The summed E-state index contributed by atoms with van der Waals surface area (Å²) < 4.78 is 6.43. The monoisotopic (exact) mass is 466 g/mol. The Morgan fingerprint density at radius 1 is 1.21 bits per heavy atom. The number of amides is 2. The Morgan fingerprint density at radius 3 is 2.57 bits per heavy atom. The van der Waals surface area contributed by atoms with Crippen LogP contribution in [-0.2, 0) is 16.1 Å². The van der Waals surface area contributed by atoms with Crippen molar-refractivity contribution in [2.24, 2.45) is 0 Å². The minimum absolute atomic E-state index is 0.187. The van der Waals surface area contributed by atoms with Crippen molar-refractivity contribution in [3.8, 4) is 5.75 Å². The molecule has 0 saturated carbocycles. The van der Waals surface area contributed by atoms with Crippen molar-refractivity contribution in [3.05, 3.63) is 63.6 Å². The smallest absolute Gasteiger partial charge is 0.261 e. The number of nitrogens with one attached hydrogen (secondary N) is 1. The van der Waals surface area contributed by atoms with E-state index in [2.05, 4.69) is 21.2 Å². The number of hydrogen-bond acceptors (Lipinski definition) is 3. The highest BCUT2D eigenvalue weighted by atomic mass is 79.9. The average molecular weight is 468 g/mol. The number of ether oxygens (including phenoxy) is 1. The van der Waals surface area contributed by atoms with E-state index in [1.165, 1.54) is 4.90 Å². The van der Waals surface area contributed by atoms with Gasteiger partial charge in [-0.15, -0.1) is 0 Å². The fourth-order valence-corrected chi connectivity index (χ4v) is 3.30. The predicted octanol–water partition coefficient (Wildman–Crippen LogP) is 4.42. The minimum atomic E-state index is -0.622. The molecular weight excluding hydrogens is 444 g/mol. The second kappa shape index (κ2) is 11.1. The second-order valence-electron chi connectivity index (χ2n) is 6.34. The lowest BCUT2D eigenvalue weighted by Gasteiger charge is -2.28. The van der Waals surface area contributed by atoms with E-state index >= 15 is 0 Å². The largest absolute Gasteiger partial charge is 0.482 e. The molecule has 2 rings (SSSR count). The number of nitrogens with zero attached hydrogens (tertiary/aromatic N) is 1. The SMILES string of the molecule is CCCNC(=O)C(C)N(Cc1ccccc1)C(=O)COc1ccc(Br)cc1Cl.